The summed E-state index contributed by atoms with van der Waals surface area (Å²) in [5.41, 5.74) is 0. The molecular weight excluding hydrogens is 176 g/mol. The number of nitrogens with zero attached hydrogens (tertiary/aromatic N) is 1. The number of hydrogen-bond donors (Lipinski definition) is 1. The highest BCUT2D eigenvalue weighted by atomic mass is 16.2. The Hall–Kier alpha value is -1.09. The third-order valence-corrected chi connectivity index (χ3v) is 2.37. The van der Waals surface area contributed by atoms with Crippen LogP contribution in [0.1, 0.15) is 13.8 Å². The molecule has 0 saturated carbocycles. The molecule has 0 unspecified atom stereocenters. The zero-order valence-corrected chi connectivity index (χ0v) is 8.86. The summed E-state index contributed by atoms with van der Waals surface area (Å²) in [4.78, 5) is 13.6. The van der Waals surface area contributed by atoms with Crippen LogP contribution in [0.4, 0.5) is 0 Å². The molecule has 3 nitrogen and oxygen atoms in total. The topological polar surface area (TPSA) is 32.3 Å². The minimum atomic E-state index is 0.108. The maximum Gasteiger partial charge on any atom is 0.246 e. The Balaban J connectivity index is 2.46. The third-order valence-electron chi connectivity index (χ3n) is 2.37. The Kier molecular flexibility index (Phi) is 4.40. The fourth-order valence-electron chi connectivity index (χ4n) is 1.43. The van der Waals surface area contributed by atoms with Crippen LogP contribution in [-0.4, -0.2) is 36.5 Å². The summed E-state index contributed by atoms with van der Waals surface area (Å²) in [5, 5.41) is 3.17. The molecule has 1 amide bonds. The van der Waals surface area contributed by atoms with E-state index in [1.54, 1.807) is 12.2 Å². The van der Waals surface area contributed by atoms with Gasteiger partial charge in [-0.2, -0.15) is 0 Å². The minimum Gasteiger partial charge on any atom is -0.334 e. The van der Waals surface area contributed by atoms with E-state index in [0.29, 0.717) is 6.04 Å². The van der Waals surface area contributed by atoms with Crippen molar-refractivity contribution in [3.8, 4) is 0 Å². The Morgan fingerprint density at radius 1 is 1.50 bits per heavy atom. The van der Waals surface area contributed by atoms with Gasteiger partial charge in [-0.05, 0) is 13.8 Å². The summed E-state index contributed by atoms with van der Waals surface area (Å²) in [6.07, 6.45) is 7.19. The Labute approximate surface area is 85.5 Å². The molecule has 0 aromatic rings. The highest BCUT2D eigenvalue weighted by Crippen LogP contribution is 2.05. The lowest BCUT2D eigenvalue weighted by Gasteiger charge is -2.37. The lowest BCUT2D eigenvalue weighted by atomic mass is 10.1. The van der Waals surface area contributed by atoms with E-state index in [4.69, 9.17) is 0 Å². The average Bonchev–Trinajstić information content (AvgIpc) is 2.11. The van der Waals surface area contributed by atoms with Gasteiger partial charge < -0.3 is 10.2 Å². The molecule has 1 heterocycles. The van der Waals surface area contributed by atoms with Gasteiger partial charge in [0.15, 0.2) is 0 Å². The van der Waals surface area contributed by atoms with Gasteiger partial charge in [-0.15, -0.1) is 0 Å². The van der Waals surface area contributed by atoms with E-state index in [0.717, 1.165) is 19.6 Å². The van der Waals surface area contributed by atoms with Gasteiger partial charge in [-0.1, -0.05) is 18.2 Å². The second kappa shape index (κ2) is 5.60. The SMILES string of the molecule is CC=CC=CC(=O)N(CC)C1CNC1. The largest absolute Gasteiger partial charge is 0.334 e. The second-order valence-electron chi connectivity index (χ2n) is 3.32. The number of hydrogen-bond acceptors (Lipinski definition) is 2. The van der Waals surface area contributed by atoms with Gasteiger partial charge >= 0.3 is 0 Å². The molecule has 3 heteroatoms. The summed E-state index contributed by atoms with van der Waals surface area (Å²) in [6.45, 7) is 6.58. The summed E-state index contributed by atoms with van der Waals surface area (Å²) in [5.74, 6) is 0.108. The molecule has 0 aliphatic carbocycles. The molecule has 0 bridgehead atoms. The molecule has 0 aromatic carbocycles. The molecule has 0 radical (unpaired) electrons. The highest BCUT2D eigenvalue weighted by molar-refractivity contribution is 5.88. The van der Waals surface area contributed by atoms with Crippen LogP contribution in [0.5, 0.6) is 0 Å². The van der Waals surface area contributed by atoms with E-state index in [-0.39, 0.29) is 5.91 Å². The zero-order valence-electron chi connectivity index (χ0n) is 8.86. The molecule has 78 valence electrons. The lowest BCUT2D eigenvalue weighted by molar-refractivity contribution is -0.129. The molecule has 14 heavy (non-hydrogen) atoms. The van der Waals surface area contributed by atoms with Crippen LogP contribution in [-0.2, 0) is 4.79 Å². The van der Waals surface area contributed by atoms with Crippen LogP contribution in [0.2, 0.25) is 0 Å². The third kappa shape index (κ3) is 2.70. The van der Waals surface area contributed by atoms with E-state index in [1.165, 1.54) is 0 Å². The van der Waals surface area contributed by atoms with Crippen molar-refractivity contribution in [2.24, 2.45) is 0 Å². The summed E-state index contributed by atoms with van der Waals surface area (Å²) in [6, 6.07) is 0.391. The van der Waals surface area contributed by atoms with E-state index in [1.807, 2.05) is 30.9 Å². The van der Waals surface area contributed by atoms with Crippen molar-refractivity contribution in [1.29, 1.82) is 0 Å². The van der Waals surface area contributed by atoms with Crippen LogP contribution in [0.25, 0.3) is 0 Å². The molecule has 1 rings (SSSR count). The maximum absolute atomic E-state index is 11.7. The van der Waals surface area contributed by atoms with E-state index in [9.17, 15) is 4.79 Å². The molecule has 0 spiro atoms. The van der Waals surface area contributed by atoms with Gasteiger partial charge in [0.1, 0.15) is 0 Å². The van der Waals surface area contributed by atoms with Crippen molar-refractivity contribution in [2.45, 2.75) is 19.9 Å². The number of carbonyl (C=O) groups excluding carboxylic acids is 1. The molecule has 1 fully saturated rings. The number of likely N-dealkylation sites (N-methyl/N-ethyl adjacent to an activating group) is 1. The molecule has 1 saturated heterocycles. The van der Waals surface area contributed by atoms with Crippen LogP contribution < -0.4 is 5.32 Å². The van der Waals surface area contributed by atoms with E-state index >= 15 is 0 Å². The van der Waals surface area contributed by atoms with Gasteiger partial charge in [0.25, 0.3) is 0 Å². The lowest BCUT2D eigenvalue weighted by Crippen LogP contribution is -2.58. The van der Waals surface area contributed by atoms with E-state index < -0.39 is 0 Å². The van der Waals surface area contributed by atoms with Crippen LogP contribution in [0.15, 0.2) is 24.3 Å². The molecule has 0 aromatic heterocycles. The number of carbonyl (C=O) groups is 1. The van der Waals surface area contributed by atoms with Crippen molar-refractivity contribution in [2.75, 3.05) is 19.6 Å². The first-order valence-electron chi connectivity index (χ1n) is 5.10. The Bertz CT molecular complexity index is 242. The summed E-state index contributed by atoms with van der Waals surface area (Å²) < 4.78 is 0. The van der Waals surface area contributed by atoms with Crippen molar-refractivity contribution in [3.63, 3.8) is 0 Å². The Morgan fingerprint density at radius 2 is 2.21 bits per heavy atom. The highest BCUT2D eigenvalue weighted by Gasteiger charge is 2.25. The quantitative estimate of drug-likeness (QED) is 0.533. The van der Waals surface area contributed by atoms with Gasteiger partial charge in [-0.3, -0.25) is 4.79 Å². The molecule has 0 atom stereocenters. The predicted molar refractivity (Wildman–Crippen MR) is 58.0 cm³/mol. The molecule has 1 aliphatic heterocycles. The smallest absolute Gasteiger partial charge is 0.246 e. The zero-order chi connectivity index (χ0) is 10.4. The Morgan fingerprint density at radius 3 is 2.64 bits per heavy atom. The van der Waals surface area contributed by atoms with Gasteiger partial charge in [0, 0.05) is 25.7 Å². The standard InChI is InChI=1S/C11H18N2O/c1-3-5-6-7-11(14)13(4-2)10-8-12-9-10/h3,5-7,10,12H,4,8-9H2,1-2H3. The van der Waals surface area contributed by atoms with Crippen LogP contribution >= 0.6 is 0 Å². The summed E-state index contributed by atoms with van der Waals surface area (Å²) in [7, 11) is 0. The van der Waals surface area contributed by atoms with Gasteiger partial charge in [-0.25, -0.2) is 0 Å². The minimum absolute atomic E-state index is 0.108. The molecular formula is C11H18N2O. The predicted octanol–water partition coefficient (Wildman–Crippen LogP) is 0.939. The fourth-order valence-corrected chi connectivity index (χ4v) is 1.43. The number of amides is 1. The number of allylic oxidation sites excluding steroid dienone is 3. The number of rotatable bonds is 4. The average molecular weight is 194 g/mol. The van der Waals surface area contributed by atoms with Crippen LogP contribution in [0.3, 0.4) is 0 Å². The van der Waals surface area contributed by atoms with Crippen molar-refractivity contribution in [3.05, 3.63) is 24.3 Å². The maximum atomic E-state index is 11.7. The number of nitrogens with one attached hydrogen (secondary N) is 1. The van der Waals surface area contributed by atoms with Crippen molar-refractivity contribution in [1.82, 2.24) is 10.2 Å². The summed E-state index contributed by atoms with van der Waals surface area (Å²) >= 11 is 0. The fraction of sp³-hybridized carbons (Fsp3) is 0.545. The molecule has 1 aliphatic rings. The first-order valence-corrected chi connectivity index (χ1v) is 5.10. The second-order valence-corrected chi connectivity index (χ2v) is 3.32. The normalized spacial score (nSPS) is 17.6. The van der Waals surface area contributed by atoms with Gasteiger partial charge in [0.2, 0.25) is 5.91 Å². The van der Waals surface area contributed by atoms with Crippen molar-refractivity contribution >= 4 is 5.91 Å². The van der Waals surface area contributed by atoms with Crippen LogP contribution in [0, 0.1) is 0 Å². The first-order chi connectivity index (χ1) is 6.79. The first kappa shape index (κ1) is 11.0. The van der Waals surface area contributed by atoms with E-state index in [2.05, 4.69) is 5.32 Å². The van der Waals surface area contributed by atoms with Crippen molar-refractivity contribution < 1.29 is 4.79 Å². The molecule has 1 N–H and O–H groups in total. The van der Waals surface area contributed by atoms with Gasteiger partial charge in [0.05, 0.1) is 6.04 Å². The monoisotopic (exact) mass is 194 g/mol.